The number of carbonyl (C=O) groups excluding carboxylic acids is 1. The summed E-state index contributed by atoms with van der Waals surface area (Å²) in [6.07, 6.45) is 2.57. The third-order valence-corrected chi connectivity index (χ3v) is 1.04. The predicted molar refractivity (Wildman–Crippen MR) is 49.5 cm³/mol. The van der Waals surface area contributed by atoms with Crippen LogP contribution in [0.1, 0.15) is 40.0 Å². The van der Waals surface area contributed by atoms with Gasteiger partial charge in [0.1, 0.15) is 0 Å². The predicted octanol–water partition coefficient (Wildman–Crippen LogP) is 1.83. The monoisotopic (exact) mass is 190 g/mol. The van der Waals surface area contributed by atoms with Gasteiger partial charge >= 0.3 is 5.97 Å². The Bertz CT molecular complexity index is 139. The van der Waals surface area contributed by atoms with Crippen LogP contribution in [0.4, 0.5) is 0 Å². The second-order valence-corrected chi connectivity index (χ2v) is 2.43. The van der Waals surface area contributed by atoms with E-state index in [0.717, 1.165) is 19.8 Å². The minimum absolute atomic E-state index is 0.0700. The van der Waals surface area contributed by atoms with Crippen LogP contribution in [0.2, 0.25) is 0 Å². The Morgan fingerprint density at radius 2 is 1.77 bits per heavy atom. The summed E-state index contributed by atoms with van der Waals surface area (Å²) in [7, 11) is 0. The van der Waals surface area contributed by atoms with Gasteiger partial charge in [0.05, 0.1) is 6.61 Å². The minimum atomic E-state index is -0.833. The van der Waals surface area contributed by atoms with Crippen molar-refractivity contribution in [2.24, 2.45) is 0 Å². The quantitative estimate of drug-likeness (QED) is 0.687. The zero-order valence-electron chi connectivity index (χ0n) is 8.50. The van der Waals surface area contributed by atoms with Crippen molar-refractivity contribution >= 4 is 11.9 Å². The van der Waals surface area contributed by atoms with Gasteiger partial charge in [-0.2, -0.15) is 0 Å². The van der Waals surface area contributed by atoms with E-state index in [1.165, 1.54) is 0 Å². The summed E-state index contributed by atoms with van der Waals surface area (Å²) in [5, 5.41) is 7.42. The van der Waals surface area contributed by atoms with E-state index in [1.54, 1.807) is 0 Å². The minimum Gasteiger partial charge on any atom is -0.481 e. The molecule has 0 radical (unpaired) electrons. The normalized spacial score (nSPS) is 8.23. The van der Waals surface area contributed by atoms with E-state index >= 15 is 0 Å². The van der Waals surface area contributed by atoms with Crippen molar-refractivity contribution in [1.29, 1.82) is 0 Å². The van der Waals surface area contributed by atoms with Crippen molar-refractivity contribution in [3.8, 4) is 0 Å². The molecule has 0 saturated heterocycles. The van der Waals surface area contributed by atoms with Gasteiger partial charge in [0.15, 0.2) is 0 Å². The molecule has 78 valence electrons. The summed E-state index contributed by atoms with van der Waals surface area (Å²) in [5.41, 5.74) is 0. The summed E-state index contributed by atoms with van der Waals surface area (Å²) in [4.78, 5) is 19.6. The Labute approximate surface area is 78.9 Å². The lowest BCUT2D eigenvalue weighted by Gasteiger charge is -1.97. The summed E-state index contributed by atoms with van der Waals surface area (Å²) in [6, 6.07) is 0. The standard InChI is InChI=1S/C7H14O2.C2H4O2/c1-3-5-6-7(8)9-4-2;1-2(3)4/h3-6H2,1-2H3;1H3,(H,3,4). The van der Waals surface area contributed by atoms with Crippen molar-refractivity contribution in [2.75, 3.05) is 6.61 Å². The molecule has 0 aromatic rings. The Balaban J connectivity index is 0. The first-order valence-electron chi connectivity index (χ1n) is 4.39. The number of rotatable bonds is 4. The molecule has 4 nitrogen and oxygen atoms in total. The molecule has 1 N–H and O–H groups in total. The van der Waals surface area contributed by atoms with Crippen molar-refractivity contribution in [3.05, 3.63) is 0 Å². The number of ether oxygens (including phenoxy) is 1. The second kappa shape index (κ2) is 10.9. The fourth-order valence-electron chi connectivity index (χ4n) is 0.554. The third-order valence-electron chi connectivity index (χ3n) is 1.04. The number of carboxylic acids is 1. The van der Waals surface area contributed by atoms with Crippen LogP contribution in [0.5, 0.6) is 0 Å². The molecule has 0 rings (SSSR count). The Morgan fingerprint density at radius 1 is 1.31 bits per heavy atom. The summed E-state index contributed by atoms with van der Waals surface area (Å²) in [6.45, 7) is 5.46. The lowest BCUT2D eigenvalue weighted by Crippen LogP contribution is -2.02. The van der Waals surface area contributed by atoms with Gasteiger partial charge in [-0.15, -0.1) is 0 Å². The van der Waals surface area contributed by atoms with Crippen LogP contribution in [0, 0.1) is 0 Å². The van der Waals surface area contributed by atoms with Crippen molar-refractivity contribution in [1.82, 2.24) is 0 Å². The molecule has 0 atom stereocenters. The molecule has 0 amide bonds. The number of hydrogen-bond donors (Lipinski definition) is 1. The summed E-state index contributed by atoms with van der Waals surface area (Å²) in [5.74, 6) is -0.903. The van der Waals surface area contributed by atoms with Crippen LogP contribution in [0.15, 0.2) is 0 Å². The molecule has 0 bridgehead atoms. The number of aliphatic carboxylic acids is 1. The molecule has 0 aromatic heterocycles. The largest absolute Gasteiger partial charge is 0.481 e. The first-order chi connectivity index (χ1) is 6.04. The van der Waals surface area contributed by atoms with Gasteiger partial charge in [-0.05, 0) is 13.3 Å². The van der Waals surface area contributed by atoms with Crippen molar-refractivity contribution < 1.29 is 19.4 Å². The van der Waals surface area contributed by atoms with Crippen LogP contribution in [0.3, 0.4) is 0 Å². The smallest absolute Gasteiger partial charge is 0.305 e. The van der Waals surface area contributed by atoms with Gasteiger partial charge in [0.2, 0.25) is 0 Å². The van der Waals surface area contributed by atoms with Crippen molar-refractivity contribution in [2.45, 2.75) is 40.0 Å². The van der Waals surface area contributed by atoms with E-state index in [2.05, 4.69) is 6.92 Å². The molecular formula is C9H18O4. The summed E-state index contributed by atoms with van der Waals surface area (Å²) < 4.78 is 4.70. The number of carboxylic acid groups (broad SMARTS) is 1. The summed E-state index contributed by atoms with van der Waals surface area (Å²) >= 11 is 0. The van der Waals surface area contributed by atoms with Gasteiger partial charge < -0.3 is 9.84 Å². The molecule has 0 aromatic carbocycles. The van der Waals surface area contributed by atoms with Crippen LogP contribution in [-0.2, 0) is 14.3 Å². The lowest BCUT2D eigenvalue weighted by molar-refractivity contribution is -0.143. The number of esters is 1. The maximum absolute atomic E-state index is 10.6. The molecule has 0 saturated carbocycles. The van der Waals surface area contributed by atoms with Gasteiger partial charge in [-0.1, -0.05) is 13.3 Å². The molecule has 0 unspecified atom stereocenters. The average Bonchev–Trinajstić information content (AvgIpc) is 2.00. The highest BCUT2D eigenvalue weighted by molar-refractivity contribution is 5.69. The van der Waals surface area contributed by atoms with Gasteiger partial charge in [0.25, 0.3) is 5.97 Å². The Kier molecular flexibility index (Phi) is 12.2. The van der Waals surface area contributed by atoms with Gasteiger partial charge in [0, 0.05) is 13.3 Å². The number of carbonyl (C=O) groups is 2. The zero-order valence-corrected chi connectivity index (χ0v) is 8.50. The lowest BCUT2D eigenvalue weighted by atomic mass is 10.3. The zero-order chi connectivity index (χ0) is 10.7. The highest BCUT2D eigenvalue weighted by atomic mass is 16.5. The average molecular weight is 190 g/mol. The number of hydrogen-bond acceptors (Lipinski definition) is 3. The van der Waals surface area contributed by atoms with Crippen LogP contribution in [-0.4, -0.2) is 23.7 Å². The molecular weight excluding hydrogens is 172 g/mol. The Hall–Kier alpha value is -1.06. The van der Waals surface area contributed by atoms with E-state index < -0.39 is 5.97 Å². The molecule has 4 heteroatoms. The molecule has 0 aliphatic rings. The molecule has 0 spiro atoms. The maximum Gasteiger partial charge on any atom is 0.305 e. The van der Waals surface area contributed by atoms with Crippen LogP contribution in [0.25, 0.3) is 0 Å². The van der Waals surface area contributed by atoms with E-state index in [1.807, 2.05) is 6.92 Å². The van der Waals surface area contributed by atoms with E-state index in [-0.39, 0.29) is 5.97 Å². The van der Waals surface area contributed by atoms with Gasteiger partial charge in [-0.3, -0.25) is 9.59 Å². The molecule has 0 heterocycles. The van der Waals surface area contributed by atoms with Crippen LogP contribution >= 0.6 is 0 Å². The second-order valence-electron chi connectivity index (χ2n) is 2.43. The third kappa shape index (κ3) is 24.8. The van der Waals surface area contributed by atoms with E-state index in [9.17, 15) is 4.79 Å². The van der Waals surface area contributed by atoms with Crippen LogP contribution < -0.4 is 0 Å². The Morgan fingerprint density at radius 3 is 2.08 bits per heavy atom. The number of unbranched alkanes of at least 4 members (excludes halogenated alkanes) is 1. The fraction of sp³-hybridized carbons (Fsp3) is 0.778. The SMILES string of the molecule is CC(=O)O.CCCCC(=O)OCC. The fourth-order valence-corrected chi connectivity index (χ4v) is 0.554. The highest BCUT2D eigenvalue weighted by Crippen LogP contribution is 1.95. The molecule has 0 fully saturated rings. The molecule has 0 aliphatic carbocycles. The van der Waals surface area contributed by atoms with E-state index in [4.69, 9.17) is 14.6 Å². The maximum atomic E-state index is 10.6. The van der Waals surface area contributed by atoms with Crippen molar-refractivity contribution in [3.63, 3.8) is 0 Å². The highest BCUT2D eigenvalue weighted by Gasteiger charge is 1.97. The van der Waals surface area contributed by atoms with E-state index in [0.29, 0.717) is 13.0 Å². The molecule has 0 aliphatic heterocycles. The first-order valence-corrected chi connectivity index (χ1v) is 4.39. The molecule has 13 heavy (non-hydrogen) atoms. The first kappa shape index (κ1) is 14.5. The topological polar surface area (TPSA) is 63.6 Å². The van der Waals surface area contributed by atoms with Gasteiger partial charge in [-0.25, -0.2) is 0 Å².